The van der Waals surface area contributed by atoms with Gasteiger partial charge in [0.05, 0.1) is 3.79 Å². The number of rotatable bonds is 2. The van der Waals surface area contributed by atoms with Crippen LogP contribution < -0.4 is 0 Å². The fourth-order valence-electron chi connectivity index (χ4n) is 1.85. The molecule has 3 heterocycles. The molecule has 17 heavy (non-hydrogen) atoms. The van der Waals surface area contributed by atoms with E-state index in [9.17, 15) is 0 Å². The maximum Gasteiger partial charge on any atom is 0.165 e. The van der Waals surface area contributed by atoms with E-state index in [1.165, 1.54) is 0 Å². The summed E-state index contributed by atoms with van der Waals surface area (Å²) in [4.78, 5) is 9.04. The molecule has 0 radical (unpaired) electrons. The Bertz CT molecular complexity index is 671. The Balaban J connectivity index is 2.33. The minimum Gasteiger partial charge on any atom is -0.271 e. The lowest BCUT2D eigenvalue weighted by atomic mass is 10.4. The van der Waals surface area contributed by atoms with Gasteiger partial charge in [-0.1, -0.05) is 6.92 Å². The van der Waals surface area contributed by atoms with Crippen LogP contribution in [0.2, 0.25) is 0 Å². The Morgan fingerprint density at radius 3 is 2.94 bits per heavy atom. The molecule has 0 amide bonds. The number of pyridine rings is 1. The van der Waals surface area contributed by atoms with Gasteiger partial charge in [0.15, 0.2) is 5.65 Å². The van der Waals surface area contributed by atoms with Gasteiger partial charge >= 0.3 is 0 Å². The monoisotopic (exact) mass is 307 g/mol. The van der Waals surface area contributed by atoms with Crippen LogP contribution in [0.25, 0.3) is 16.2 Å². The number of hydrogen-bond donors (Lipinski definition) is 0. The molecule has 0 aliphatic rings. The summed E-state index contributed by atoms with van der Waals surface area (Å²) in [7, 11) is 0. The van der Waals surface area contributed by atoms with E-state index in [-0.39, 0.29) is 0 Å². The van der Waals surface area contributed by atoms with Crippen LogP contribution in [0, 0.1) is 0 Å². The third-order valence-electron chi connectivity index (χ3n) is 2.58. The second kappa shape index (κ2) is 4.23. The second-order valence-electron chi connectivity index (χ2n) is 3.64. The molecule has 3 aromatic rings. The molecule has 0 N–H and O–H groups in total. The van der Waals surface area contributed by atoms with Crippen molar-refractivity contribution in [1.29, 1.82) is 0 Å². The fourth-order valence-corrected chi connectivity index (χ4v) is 3.24. The van der Waals surface area contributed by atoms with Gasteiger partial charge in [-0.15, -0.1) is 11.3 Å². The Labute approximate surface area is 111 Å². The molecule has 0 aliphatic heterocycles. The number of thiophene rings is 1. The first-order valence-electron chi connectivity index (χ1n) is 5.37. The Morgan fingerprint density at radius 1 is 1.35 bits per heavy atom. The summed E-state index contributed by atoms with van der Waals surface area (Å²) in [5.41, 5.74) is 1.88. The lowest BCUT2D eigenvalue weighted by Gasteiger charge is -2.03. The van der Waals surface area contributed by atoms with Gasteiger partial charge in [-0.05, 0) is 40.2 Å². The second-order valence-corrected chi connectivity index (χ2v) is 6.08. The van der Waals surface area contributed by atoms with Gasteiger partial charge in [0, 0.05) is 12.6 Å². The van der Waals surface area contributed by atoms with Crippen LogP contribution in [0.5, 0.6) is 0 Å². The highest BCUT2D eigenvalue weighted by Gasteiger charge is 2.12. The minimum atomic E-state index is 0.895. The van der Waals surface area contributed by atoms with Crippen molar-refractivity contribution in [3.63, 3.8) is 0 Å². The first kappa shape index (κ1) is 10.9. The zero-order valence-corrected chi connectivity index (χ0v) is 11.6. The lowest BCUT2D eigenvalue weighted by Crippen LogP contribution is -1.98. The number of aromatic nitrogens is 3. The van der Waals surface area contributed by atoms with Gasteiger partial charge in [0.1, 0.15) is 16.3 Å². The summed E-state index contributed by atoms with van der Waals surface area (Å²) in [5.74, 6) is 1.05. The zero-order chi connectivity index (χ0) is 11.8. The summed E-state index contributed by atoms with van der Waals surface area (Å²) >= 11 is 5.18. The van der Waals surface area contributed by atoms with Crippen molar-refractivity contribution in [1.82, 2.24) is 14.5 Å². The topological polar surface area (TPSA) is 30.7 Å². The normalized spacial score (nSPS) is 11.2. The molecule has 5 heteroatoms. The van der Waals surface area contributed by atoms with Crippen molar-refractivity contribution in [3.8, 4) is 5.00 Å². The molecule has 3 aromatic heterocycles. The van der Waals surface area contributed by atoms with Crippen molar-refractivity contribution < 1.29 is 0 Å². The van der Waals surface area contributed by atoms with Crippen molar-refractivity contribution in [3.05, 3.63) is 40.1 Å². The van der Waals surface area contributed by atoms with Crippen molar-refractivity contribution in [2.45, 2.75) is 13.3 Å². The van der Waals surface area contributed by atoms with E-state index in [1.807, 2.05) is 24.4 Å². The lowest BCUT2D eigenvalue weighted by molar-refractivity contribution is 0.912. The number of imidazole rings is 1. The zero-order valence-electron chi connectivity index (χ0n) is 9.22. The molecular formula is C12H10BrN3S. The van der Waals surface area contributed by atoms with E-state index in [0.717, 1.165) is 32.2 Å². The highest BCUT2D eigenvalue weighted by atomic mass is 79.9. The van der Waals surface area contributed by atoms with Gasteiger partial charge in [-0.3, -0.25) is 4.57 Å². The summed E-state index contributed by atoms with van der Waals surface area (Å²) in [5, 5.41) is 1.15. The van der Waals surface area contributed by atoms with Crippen molar-refractivity contribution in [2.75, 3.05) is 0 Å². The van der Waals surface area contributed by atoms with E-state index >= 15 is 0 Å². The number of halogens is 1. The van der Waals surface area contributed by atoms with Gasteiger partial charge < -0.3 is 0 Å². The van der Waals surface area contributed by atoms with E-state index < -0.39 is 0 Å². The molecule has 0 unspecified atom stereocenters. The molecule has 0 aromatic carbocycles. The number of hydrogen-bond acceptors (Lipinski definition) is 3. The van der Waals surface area contributed by atoms with Crippen molar-refractivity contribution in [2.24, 2.45) is 0 Å². The number of fused-ring (bicyclic) bond motifs is 1. The van der Waals surface area contributed by atoms with Gasteiger partial charge in [-0.25, -0.2) is 9.97 Å². The largest absolute Gasteiger partial charge is 0.271 e. The van der Waals surface area contributed by atoms with Crippen LogP contribution in [0.3, 0.4) is 0 Å². The maximum absolute atomic E-state index is 4.61. The van der Waals surface area contributed by atoms with E-state index in [1.54, 1.807) is 11.3 Å². The SMILES string of the molecule is CCc1nc2cccnc2n1-c1ccc(Br)s1. The van der Waals surface area contributed by atoms with Crippen molar-refractivity contribution >= 4 is 38.4 Å². The predicted octanol–water partition coefficient (Wildman–Crippen LogP) is 3.81. The molecule has 0 bridgehead atoms. The number of nitrogens with zero attached hydrogens (tertiary/aromatic N) is 3. The molecule has 3 rings (SSSR count). The molecular weight excluding hydrogens is 298 g/mol. The molecule has 3 nitrogen and oxygen atoms in total. The molecule has 0 saturated carbocycles. The molecule has 0 aliphatic carbocycles. The Hall–Kier alpha value is -1.20. The molecule has 0 fully saturated rings. The summed E-state index contributed by atoms with van der Waals surface area (Å²) in [6, 6.07) is 8.06. The molecule has 0 spiro atoms. The highest BCUT2D eigenvalue weighted by molar-refractivity contribution is 9.11. The van der Waals surface area contributed by atoms with Gasteiger partial charge in [0.2, 0.25) is 0 Å². The molecule has 0 atom stereocenters. The van der Waals surface area contributed by atoms with Crippen LogP contribution in [-0.2, 0) is 6.42 Å². The predicted molar refractivity (Wildman–Crippen MR) is 73.8 cm³/mol. The molecule has 86 valence electrons. The maximum atomic E-state index is 4.61. The highest BCUT2D eigenvalue weighted by Crippen LogP contribution is 2.29. The molecule has 0 saturated heterocycles. The summed E-state index contributed by atoms with van der Waals surface area (Å²) in [6.07, 6.45) is 2.70. The first-order valence-corrected chi connectivity index (χ1v) is 6.98. The third kappa shape index (κ3) is 1.79. The smallest absolute Gasteiger partial charge is 0.165 e. The summed E-state index contributed by atoms with van der Waals surface area (Å²) < 4.78 is 3.25. The fraction of sp³-hybridized carbons (Fsp3) is 0.167. The average molecular weight is 308 g/mol. The van der Waals surface area contributed by atoms with Gasteiger partial charge in [-0.2, -0.15) is 0 Å². The van der Waals surface area contributed by atoms with E-state index in [4.69, 9.17) is 0 Å². The van der Waals surface area contributed by atoms with Crippen LogP contribution in [0.4, 0.5) is 0 Å². The summed E-state index contributed by atoms with van der Waals surface area (Å²) in [6.45, 7) is 2.11. The first-order chi connectivity index (χ1) is 8.29. The number of aryl methyl sites for hydroxylation is 1. The third-order valence-corrected chi connectivity index (χ3v) is 4.19. The quantitative estimate of drug-likeness (QED) is 0.721. The van der Waals surface area contributed by atoms with Crippen LogP contribution >= 0.6 is 27.3 Å². The van der Waals surface area contributed by atoms with Crippen LogP contribution in [0.15, 0.2) is 34.2 Å². The minimum absolute atomic E-state index is 0.895. The van der Waals surface area contributed by atoms with Gasteiger partial charge in [0.25, 0.3) is 0 Å². The average Bonchev–Trinajstić information content (AvgIpc) is 2.91. The standard InChI is InChI=1S/C12H10BrN3S/c1-2-10-15-8-4-3-7-14-12(8)16(10)11-6-5-9(13)17-11/h3-7H,2H2,1H3. The Morgan fingerprint density at radius 2 is 2.24 bits per heavy atom. The van der Waals surface area contributed by atoms with Crippen LogP contribution in [0.1, 0.15) is 12.7 Å². The Kier molecular flexibility index (Phi) is 2.72. The van der Waals surface area contributed by atoms with E-state index in [2.05, 4.69) is 43.5 Å². The van der Waals surface area contributed by atoms with E-state index in [0.29, 0.717) is 0 Å². The van der Waals surface area contributed by atoms with Crippen LogP contribution in [-0.4, -0.2) is 14.5 Å².